The minimum atomic E-state index is -3.46. The molecule has 1 aromatic rings. The molecule has 1 N–H and O–H groups in total. The first-order valence-electron chi connectivity index (χ1n) is 6.12. The number of hydrogen-bond acceptors (Lipinski definition) is 4. The van der Waals surface area contributed by atoms with Crippen molar-refractivity contribution in [1.29, 1.82) is 0 Å². The molecule has 7 heteroatoms. The Morgan fingerprint density at radius 2 is 1.89 bits per heavy atom. The van der Waals surface area contributed by atoms with Crippen LogP contribution in [0.25, 0.3) is 0 Å². The minimum Gasteiger partial charge on any atom is -0.229 e. The Morgan fingerprint density at radius 3 is 2.28 bits per heavy atom. The van der Waals surface area contributed by atoms with Gasteiger partial charge < -0.3 is 0 Å². The van der Waals surface area contributed by atoms with Gasteiger partial charge in [0, 0.05) is 6.04 Å². The molecule has 1 heterocycles. The van der Waals surface area contributed by atoms with Crippen molar-refractivity contribution in [1.82, 2.24) is 9.71 Å². The zero-order chi connectivity index (χ0) is 12.9. The molecule has 0 spiro atoms. The molecule has 0 atom stereocenters. The number of hydrogen-bond donors (Lipinski definition) is 1. The molecule has 0 aromatic carbocycles. The number of rotatable bonds is 5. The second-order valence-electron chi connectivity index (χ2n) is 5.16. The zero-order valence-electron chi connectivity index (χ0n) is 10.0. The van der Waals surface area contributed by atoms with E-state index in [1.165, 1.54) is 0 Å². The second-order valence-corrected chi connectivity index (χ2v) is 8.65. The molecule has 3 rings (SSSR count). The fraction of sp³-hybridized carbons (Fsp3) is 0.727. The smallest absolute Gasteiger partial charge is 0.229 e. The van der Waals surface area contributed by atoms with E-state index >= 15 is 0 Å². The van der Waals surface area contributed by atoms with Crippen molar-refractivity contribution in [3.05, 3.63) is 10.2 Å². The number of nitrogens with zero attached hydrogens (tertiary/aromatic N) is 1. The van der Waals surface area contributed by atoms with E-state index < -0.39 is 10.0 Å². The van der Waals surface area contributed by atoms with E-state index in [9.17, 15) is 8.42 Å². The van der Waals surface area contributed by atoms with Gasteiger partial charge in [-0.15, -0.1) is 0 Å². The van der Waals surface area contributed by atoms with Crippen LogP contribution in [0, 0.1) is 18.8 Å². The third kappa shape index (κ3) is 2.57. The van der Waals surface area contributed by atoms with Gasteiger partial charge in [0.25, 0.3) is 10.0 Å². The Labute approximate surface area is 116 Å². The summed E-state index contributed by atoms with van der Waals surface area (Å²) in [6.45, 7) is 1.68. The summed E-state index contributed by atoms with van der Waals surface area (Å²) in [6, 6.07) is 0.121. The fourth-order valence-electron chi connectivity index (χ4n) is 2.32. The van der Waals surface area contributed by atoms with Crippen molar-refractivity contribution in [3.8, 4) is 0 Å². The highest BCUT2D eigenvalue weighted by Gasteiger charge is 2.43. The van der Waals surface area contributed by atoms with Crippen LogP contribution in [0.1, 0.15) is 31.4 Å². The Morgan fingerprint density at radius 1 is 1.33 bits per heavy atom. The lowest BCUT2D eigenvalue weighted by atomic mass is 10.1. The predicted molar refractivity (Wildman–Crippen MR) is 71.4 cm³/mol. The number of halogens is 1. The van der Waals surface area contributed by atoms with Gasteiger partial charge in [-0.1, -0.05) is 22.9 Å². The molecule has 2 aliphatic carbocycles. The largest absolute Gasteiger partial charge is 0.252 e. The van der Waals surface area contributed by atoms with Crippen molar-refractivity contribution in [2.75, 3.05) is 0 Å². The maximum atomic E-state index is 12.3. The Hall–Kier alpha value is -0.170. The van der Waals surface area contributed by atoms with Gasteiger partial charge in [0.05, 0.1) is 5.69 Å². The molecule has 0 bridgehead atoms. The first-order valence-corrected chi connectivity index (χ1v) is 8.80. The summed E-state index contributed by atoms with van der Waals surface area (Å²) in [4.78, 5) is 3.97. The molecular formula is C11H15ClN2O2S2. The average molecular weight is 307 g/mol. The number of sulfonamides is 1. The van der Waals surface area contributed by atoms with Crippen LogP contribution in [0.5, 0.6) is 0 Å². The SMILES string of the molecule is Cc1nc(Cl)sc1S(=O)(=O)NC(C1CC1)C1CC1. The first-order chi connectivity index (χ1) is 8.47. The average Bonchev–Trinajstić information content (AvgIpc) is 3.14. The lowest BCUT2D eigenvalue weighted by molar-refractivity contribution is 0.472. The fourth-order valence-corrected chi connectivity index (χ4v) is 5.45. The van der Waals surface area contributed by atoms with Gasteiger partial charge in [0.2, 0.25) is 0 Å². The molecule has 18 heavy (non-hydrogen) atoms. The van der Waals surface area contributed by atoms with Gasteiger partial charge >= 0.3 is 0 Å². The summed E-state index contributed by atoms with van der Waals surface area (Å²) in [6.07, 6.45) is 4.58. The molecule has 2 saturated carbocycles. The molecule has 0 saturated heterocycles. The molecule has 1 aromatic heterocycles. The maximum Gasteiger partial charge on any atom is 0.252 e. The lowest BCUT2D eigenvalue weighted by Crippen LogP contribution is -2.37. The topological polar surface area (TPSA) is 59.1 Å². The van der Waals surface area contributed by atoms with Crippen LogP contribution >= 0.6 is 22.9 Å². The van der Waals surface area contributed by atoms with Gasteiger partial charge in [0.15, 0.2) is 8.68 Å². The van der Waals surface area contributed by atoms with Crippen LogP contribution in [0.2, 0.25) is 4.47 Å². The third-order valence-corrected chi connectivity index (χ3v) is 6.85. The highest BCUT2D eigenvalue weighted by Crippen LogP contribution is 2.45. The Bertz CT molecular complexity index is 550. The number of aryl methyl sites for hydroxylation is 1. The standard InChI is InChI=1S/C11H15ClN2O2S2/c1-6-10(17-11(12)13-6)18(15,16)14-9(7-2-3-7)8-4-5-8/h7-9,14H,2-5H2,1H3. The number of nitrogens with one attached hydrogen (secondary N) is 1. The van der Waals surface area contributed by atoms with Crippen molar-refractivity contribution in [2.45, 2.75) is 42.9 Å². The summed E-state index contributed by atoms with van der Waals surface area (Å²) in [5.41, 5.74) is 0.489. The molecule has 0 amide bonds. The van der Waals surface area contributed by atoms with E-state index in [-0.39, 0.29) is 14.7 Å². The van der Waals surface area contributed by atoms with Crippen molar-refractivity contribution >= 4 is 33.0 Å². The van der Waals surface area contributed by atoms with Gasteiger partial charge in [-0.05, 0) is 44.4 Å². The Kier molecular flexibility index (Phi) is 3.17. The molecule has 100 valence electrons. The second kappa shape index (κ2) is 4.44. The van der Waals surface area contributed by atoms with Gasteiger partial charge in [-0.25, -0.2) is 18.1 Å². The molecular weight excluding hydrogens is 292 g/mol. The normalized spacial score (nSPS) is 20.6. The molecule has 2 aliphatic rings. The molecule has 0 aliphatic heterocycles. The van der Waals surface area contributed by atoms with Gasteiger partial charge in [0.1, 0.15) is 0 Å². The summed E-state index contributed by atoms with van der Waals surface area (Å²) < 4.78 is 28.1. The summed E-state index contributed by atoms with van der Waals surface area (Å²) in [7, 11) is -3.46. The van der Waals surface area contributed by atoms with E-state index in [1.54, 1.807) is 6.92 Å². The van der Waals surface area contributed by atoms with Crippen LogP contribution in [0.3, 0.4) is 0 Å². The number of aromatic nitrogens is 1. The van der Waals surface area contributed by atoms with Crippen molar-refractivity contribution < 1.29 is 8.42 Å². The van der Waals surface area contributed by atoms with E-state index in [1.807, 2.05) is 0 Å². The van der Waals surface area contributed by atoms with E-state index in [0.717, 1.165) is 37.0 Å². The maximum absolute atomic E-state index is 12.3. The van der Waals surface area contributed by atoms with E-state index in [2.05, 4.69) is 9.71 Å². The van der Waals surface area contributed by atoms with Crippen LogP contribution < -0.4 is 4.72 Å². The number of thiazole rings is 1. The monoisotopic (exact) mass is 306 g/mol. The summed E-state index contributed by atoms with van der Waals surface area (Å²) in [5, 5.41) is 0. The molecule has 4 nitrogen and oxygen atoms in total. The zero-order valence-corrected chi connectivity index (χ0v) is 12.4. The van der Waals surface area contributed by atoms with Crippen LogP contribution in [0.15, 0.2) is 4.21 Å². The van der Waals surface area contributed by atoms with E-state index in [0.29, 0.717) is 17.5 Å². The van der Waals surface area contributed by atoms with Crippen LogP contribution in [-0.2, 0) is 10.0 Å². The van der Waals surface area contributed by atoms with Crippen molar-refractivity contribution in [2.24, 2.45) is 11.8 Å². The minimum absolute atomic E-state index is 0.121. The van der Waals surface area contributed by atoms with Gasteiger partial charge in [-0.2, -0.15) is 0 Å². The highest BCUT2D eigenvalue weighted by atomic mass is 35.5. The van der Waals surface area contributed by atoms with Crippen LogP contribution in [0.4, 0.5) is 0 Å². The summed E-state index contributed by atoms with van der Waals surface area (Å²) in [5.74, 6) is 1.08. The first kappa shape index (κ1) is 12.8. The lowest BCUT2D eigenvalue weighted by Gasteiger charge is -2.17. The van der Waals surface area contributed by atoms with E-state index in [4.69, 9.17) is 11.6 Å². The van der Waals surface area contributed by atoms with Crippen molar-refractivity contribution in [3.63, 3.8) is 0 Å². The Balaban J connectivity index is 1.83. The molecule has 0 radical (unpaired) electrons. The summed E-state index contributed by atoms with van der Waals surface area (Å²) >= 11 is 6.80. The predicted octanol–water partition coefficient (Wildman–Crippen LogP) is 2.57. The van der Waals surface area contributed by atoms with Crippen LogP contribution in [-0.4, -0.2) is 19.4 Å². The third-order valence-electron chi connectivity index (χ3n) is 3.52. The molecule has 2 fully saturated rings. The highest BCUT2D eigenvalue weighted by molar-refractivity contribution is 7.91. The quantitative estimate of drug-likeness (QED) is 0.909. The molecule has 0 unspecified atom stereocenters. The van der Waals surface area contributed by atoms with Gasteiger partial charge in [-0.3, -0.25) is 0 Å².